The van der Waals surface area contributed by atoms with Gasteiger partial charge in [-0.3, -0.25) is 14.4 Å². The molecule has 7 heteroatoms. The number of nitrogens with zero attached hydrogens (tertiary/aromatic N) is 1. The fraction of sp³-hybridized carbons (Fsp3) is 0.188. The van der Waals surface area contributed by atoms with E-state index < -0.39 is 18.5 Å². The lowest BCUT2D eigenvalue weighted by molar-refractivity contribution is -0.146. The molecule has 0 aliphatic rings. The third-order valence-corrected chi connectivity index (χ3v) is 3.01. The Morgan fingerprint density at radius 3 is 2.52 bits per heavy atom. The lowest BCUT2D eigenvalue weighted by atomic mass is 10.3. The Bertz CT molecular complexity index is 667. The average Bonchev–Trinajstić information content (AvgIpc) is 3.12. The third-order valence-electron chi connectivity index (χ3n) is 3.01. The number of ether oxygens (including phenoxy) is 1. The molecule has 1 aromatic carbocycles. The molecule has 0 spiro atoms. The van der Waals surface area contributed by atoms with E-state index in [1.165, 1.54) is 17.2 Å². The summed E-state index contributed by atoms with van der Waals surface area (Å²) in [5, 5.41) is 2.34. The number of esters is 1. The zero-order valence-corrected chi connectivity index (χ0v) is 12.5. The van der Waals surface area contributed by atoms with Gasteiger partial charge in [0, 0.05) is 12.7 Å². The minimum absolute atomic E-state index is 0.0951. The Labute approximate surface area is 132 Å². The van der Waals surface area contributed by atoms with Crippen LogP contribution >= 0.6 is 0 Å². The minimum Gasteiger partial charge on any atom is -0.459 e. The number of para-hydroxylation sites is 1. The van der Waals surface area contributed by atoms with Crippen LogP contribution in [0.2, 0.25) is 0 Å². The number of rotatable bonds is 6. The molecule has 2 amide bonds. The van der Waals surface area contributed by atoms with E-state index in [2.05, 4.69) is 5.32 Å². The maximum absolute atomic E-state index is 11.9. The van der Waals surface area contributed by atoms with Gasteiger partial charge in [-0.1, -0.05) is 18.2 Å². The lowest BCUT2D eigenvalue weighted by Gasteiger charge is -2.17. The third kappa shape index (κ3) is 4.70. The highest BCUT2D eigenvalue weighted by molar-refractivity contribution is 5.95. The van der Waals surface area contributed by atoms with E-state index >= 15 is 0 Å². The highest BCUT2D eigenvalue weighted by atomic mass is 16.5. The van der Waals surface area contributed by atoms with Crippen molar-refractivity contribution in [2.45, 2.75) is 0 Å². The number of anilines is 1. The Hall–Kier alpha value is -3.09. The molecule has 1 aromatic heterocycles. The summed E-state index contributed by atoms with van der Waals surface area (Å²) in [5.74, 6) is -1.51. The van der Waals surface area contributed by atoms with Crippen LogP contribution in [0.4, 0.5) is 5.69 Å². The van der Waals surface area contributed by atoms with Gasteiger partial charge in [0.05, 0.1) is 6.26 Å². The number of amides is 2. The summed E-state index contributed by atoms with van der Waals surface area (Å²) in [4.78, 5) is 36.4. The van der Waals surface area contributed by atoms with Crippen LogP contribution in [0.25, 0.3) is 0 Å². The van der Waals surface area contributed by atoms with Crippen LogP contribution in [-0.2, 0) is 14.3 Å². The fourth-order valence-corrected chi connectivity index (χ4v) is 1.73. The van der Waals surface area contributed by atoms with Crippen molar-refractivity contribution in [1.82, 2.24) is 5.32 Å². The van der Waals surface area contributed by atoms with Crippen LogP contribution in [0, 0.1) is 0 Å². The summed E-state index contributed by atoms with van der Waals surface area (Å²) in [6, 6.07) is 12.0. The van der Waals surface area contributed by atoms with E-state index in [0.29, 0.717) is 5.69 Å². The van der Waals surface area contributed by atoms with Gasteiger partial charge in [-0.15, -0.1) is 0 Å². The summed E-state index contributed by atoms with van der Waals surface area (Å²) >= 11 is 0. The number of carbonyl (C=O) groups is 3. The molecule has 1 N–H and O–H groups in total. The molecule has 0 aliphatic carbocycles. The molecule has 0 radical (unpaired) electrons. The molecule has 0 saturated carbocycles. The van der Waals surface area contributed by atoms with E-state index in [0.717, 1.165) is 0 Å². The summed E-state index contributed by atoms with van der Waals surface area (Å²) in [7, 11) is 1.59. The topological polar surface area (TPSA) is 88.9 Å². The molecule has 0 fully saturated rings. The fourth-order valence-electron chi connectivity index (χ4n) is 1.73. The normalized spacial score (nSPS) is 9.96. The van der Waals surface area contributed by atoms with Crippen molar-refractivity contribution in [2.75, 3.05) is 25.1 Å². The van der Waals surface area contributed by atoms with Gasteiger partial charge in [-0.25, -0.2) is 0 Å². The van der Waals surface area contributed by atoms with Crippen LogP contribution < -0.4 is 10.2 Å². The van der Waals surface area contributed by atoms with Gasteiger partial charge < -0.3 is 19.4 Å². The van der Waals surface area contributed by atoms with Crippen LogP contribution in [0.15, 0.2) is 53.1 Å². The summed E-state index contributed by atoms with van der Waals surface area (Å²) in [6.07, 6.45) is 1.35. The summed E-state index contributed by atoms with van der Waals surface area (Å²) in [5.41, 5.74) is 0.694. The zero-order chi connectivity index (χ0) is 16.7. The number of furan rings is 1. The van der Waals surface area contributed by atoms with Crippen molar-refractivity contribution in [1.29, 1.82) is 0 Å². The molecular formula is C16H16N2O5. The first kappa shape index (κ1) is 16.3. The molecule has 0 saturated heterocycles. The molecule has 0 bridgehead atoms. The number of hydrogen-bond donors (Lipinski definition) is 1. The highest BCUT2D eigenvalue weighted by Crippen LogP contribution is 2.10. The summed E-state index contributed by atoms with van der Waals surface area (Å²) in [6.45, 7) is -0.747. The molecule has 2 aromatic rings. The van der Waals surface area contributed by atoms with Gasteiger partial charge in [0.15, 0.2) is 12.4 Å². The van der Waals surface area contributed by atoms with Crippen molar-refractivity contribution in [3.63, 3.8) is 0 Å². The zero-order valence-electron chi connectivity index (χ0n) is 12.5. The predicted octanol–water partition coefficient (Wildman–Crippen LogP) is 1.22. The van der Waals surface area contributed by atoms with Gasteiger partial charge >= 0.3 is 5.97 Å². The monoisotopic (exact) mass is 316 g/mol. The second-order valence-electron chi connectivity index (χ2n) is 4.61. The van der Waals surface area contributed by atoms with Crippen molar-refractivity contribution in [3.05, 3.63) is 54.5 Å². The first-order valence-corrected chi connectivity index (χ1v) is 6.87. The average molecular weight is 316 g/mol. The quantitative estimate of drug-likeness (QED) is 0.809. The van der Waals surface area contributed by atoms with Crippen LogP contribution in [0.1, 0.15) is 10.6 Å². The van der Waals surface area contributed by atoms with Gasteiger partial charge in [-0.2, -0.15) is 0 Å². The highest BCUT2D eigenvalue weighted by Gasteiger charge is 2.15. The summed E-state index contributed by atoms with van der Waals surface area (Å²) < 4.78 is 9.72. The first-order chi connectivity index (χ1) is 11.1. The Morgan fingerprint density at radius 2 is 1.87 bits per heavy atom. The standard InChI is InChI=1S/C16H16N2O5/c1-18(12-6-3-2-4-7-12)14(19)11-23-15(20)10-17-16(21)13-8-5-9-22-13/h2-9H,10-11H2,1H3,(H,17,21). The van der Waals surface area contributed by atoms with Gasteiger partial charge in [-0.05, 0) is 24.3 Å². The van der Waals surface area contributed by atoms with Crippen molar-refractivity contribution in [3.8, 4) is 0 Å². The van der Waals surface area contributed by atoms with E-state index in [9.17, 15) is 14.4 Å². The van der Waals surface area contributed by atoms with Crippen molar-refractivity contribution < 1.29 is 23.5 Å². The molecule has 7 nitrogen and oxygen atoms in total. The van der Waals surface area contributed by atoms with Gasteiger partial charge in [0.25, 0.3) is 11.8 Å². The minimum atomic E-state index is -0.709. The van der Waals surface area contributed by atoms with Crippen molar-refractivity contribution in [2.24, 2.45) is 0 Å². The van der Waals surface area contributed by atoms with Gasteiger partial charge in [0.2, 0.25) is 0 Å². The molecule has 0 atom stereocenters. The van der Waals surface area contributed by atoms with Crippen molar-refractivity contribution >= 4 is 23.5 Å². The molecule has 0 aliphatic heterocycles. The van der Waals surface area contributed by atoms with Crippen LogP contribution in [-0.4, -0.2) is 38.0 Å². The Morgan fingerprint density at radius 1 is 1.13 bits per heavy atom. The van der Waals surface area contributed by atoms with E-state index in [-0.39, 0.29) is 18.2 Å². The number of likely N-dealkylation sites (N-methyl/N-ethyl adjacent to an activating group) is 1. The second kappa shape index (κ2) is 7.79. The maximum Gasteiger partial charge on any atom is 0.325 e. The van der Waals surface area contributed by atoms with Crippen LogP contribution in [0.3, 0.4) is 0 Å². The van der Waals surface area contributed by atoms with E-state index in [1.54, 1.807) is 37.4 Å². The molecular weight excluding hydrogens is 300 g/mol. The van der Waals surface area contributed by atoms with E-state index in [1.807, 2.05) is 6.07 Å². The molecule has 0 unspecified atom stereocenters. The van der Waals surface area contributed by atoms with E-state index in [4.69, 9.17) is 9.15 Å². The largest absolute Gasteiger partial charge is 0.459 e. The predicted molar refractivity (Wildman–Crippen MR) is 81.9 cm³/mol. The molecule has 1 heterocycles. The number of benzene rings is 1. The van der Waals surface area contributed by atoms with Gasteiger partial charge in [0.1, 0.15) is 6.54 Å². The number of hydrogen-bond acceptors (Lipinski definition) is 5. The lowest BCUT2D eigenvalue weighted by Crippen LogP contribution is -2.34. The van der Waals surface area contributed by atoms with Crippen LogP contribution in [0.5, 0.6) is 0 Å². The number of nitrogens with one attached hydrogen (secondary N) is 1. The Balaban J connectivity index is 1.73. The Kier molecular flexibility index (Phi) is 5.51. The first-order valence-electron chi connectivity index (χ1n) is 6.87. The molecule has 120 valence electrons. The molecule has 2 rings (SSSR count). The smallest absolute Gasteiger partial charge is 0.325 e. The second-order valence-corrected chi connectivity index (χ2v) is 4.61. The molecule has 23 heavy (non-hydrogen) atoms. The SMILES string of the molecule is CN(C(=O)COC(=O)CNC(=O)c1ccco1)c1ccccc1. The maximum atomic E-state index is 11.9. The number of carbonyl (C=O) groups excluding carboxylic acids is 3.